The molecule has 0 saturated heterocycles. The van der Waals surface area contributed by atoms with Gasteiger partial charge in [-0.15, -0.1) is 0 Å². The number of halogens is 1. The summed E-state index contributed by atoms with van der Waals surface area (Å²) in [6, 6.07) is 14.0. The highest BCUT2D eigenvalue weighted by Gasteiger charge is 2.45. The lowest BCUT2D eigenvalue weighted by molar-refractivity contribution is 0.0660. The minimum atomic E-state index is -0.284. The Labute approximate surface area is 168 Å². The summed E-state index contributed by atoms with van der Waals surface area (Å²) in [4.78, 5) is 15.3. The van der Waals surface area contributed by atoms with E-state index in [1.165, 1.54) is 12.1 Å². The SMILES string of the molecule is COc1ccc(-c2n[nH]c3c2C(c2ccc(F)cc2)N(C2CCCC2)C3=O)cc1. The van der Waals surface area contributed by atoms with Gasteiger partial charge in [-0.05, 0) is 54.8 Å². The molecular weight excluding hydrogens is 369 g/mol. The van der Waals surface area contributed by atoms with E-state index in [0.717, 1.165) is 53.8 Å². The van der Waals surface area contributed by atoms with Crippen molar-refractivity contribution >= 4 is 5.91 Å². The van der Waals surface area contributed by atoms with Crippen LogP contribution in [0.4, 0.5) is 4.39 Å². The summed E-state index contributed by atoms with van der Waals surface area (Å²) in [7, 11) is 1.63. The first kappa shape index (κ1) is 17.9. The van der Waals surface area contributed by atoms with Gasteiger partial charge in [-0.1, -0.05) is 25.0 Å². The number of aromatic nitrogens is 2. The second-order valence-corrected chi connectivity index (χ2v) is 7.69. The minimum absolute atomic E-state index is 0.0199. The van der Waals surface area contributed by atoms with Crippen LogP contribution in [0.2, 0.25) is 0 Å². The van der Waals surface area contributed by atoms with Crippen LogP contribution < -0.4 is 4.74 Å². The molecule has 1 saturated carbocycles. The maximum absolute atomic E-state index is 13.6. The Bertz CT molecular complexity index is 1040. The Morgan fingerprint density at radius 1 is 1.07 bits per heavy atom. The fourth-order valence-electron chi connectivity index (χ4n) is 4.67. The number of hydrogen-bond acceptors (Lipinski definition) is 3. The zero-order valence-electron chi connectivity index (χ0n) is 16.2. The molecule has 1 N–H and O–H groups in total. The Kier molecular flexibility index (Phi) is 4.34. The van der Waals surface area contributed by atoms with Crippen LogP contribution in [0, 0.1) is 5.82 Å². The summed E-state index contributed by atoms with van der Waals surface area (Å²) in [6.07, 6.45) is 4.25. The molecule has 1 aromatic heterocycles. The predicted molar refractivity (Wildman–Crippen MR) is 107 cm³/mol. The molecule has 5 rings (SSSR count). The lowest BCUT2D eigenvalue weighted by Gasteiger charge is -2.31. The van der Waals surface area contributed by atoms with Gasteiger partial charge in [-0.3, -0.25) is 9.89 Å². The van der Waals surface area contributed by atoms with Crippen molar-refractivity contribution in [3.8, 4) is 17.0 Å². The van der Waals surface area contributed by atoms with Crippen molar-refractivity contribution < 1.29 is 13.9 Å². The van der Waals surface area contributed by atoms with Crippen molar-refractivity contribution in [2.24, 2.45) is 0 Å². The first-order valence-electron chi connectivity index (χ1n) is 9.98. The highest BCUT2D eigenvalue weighted by molar-refractivity contribution is 6.00. The monoisotopic (exact) mass is 391 g/mol. The van der Waals surface area contributed by atoms with Crippen LogP contribution in [0.5, 0.6) is 5.75 Å². The molecule has 2 heterocycles. The summed E-state index contributed by atoms with van der Waals surface area (Å²) in [5.41, 5.74) is 3.99. The maximum Gasteiger partial charge on any atom is 0.273 e. The molecule has 3 aromatic rings. The lowest BCUT2D eigenvalue weighted by Crippen LogP contribution is -2.37. The maximum atomic E-state index is 13.6. The van der Waals surface area contributed by atoms with Gasteiger partial charge in [0.15, 0.2) is 0 Å². The Morgan fingerprint density at radius 2 is 1.76 bits per heavy atom. The second kappa shape index (κ2) is 7.03. The van der Waals surface area contributed by atoms with E-state index >= 15 is 0 Å². The molecule has 0 spiro atoms. The number of carbonyl (C=O) groups is 1. The molecule has 0 bridgehead atoms. The summed E-state index contributed by atoms with van der Waals surface area (Å²) < 4.78 is 18.8. The van der Waals surface area contributed by atoms with E-state index in [2.05, 4.69) is 10.2 Å². The summed E-state index contributed by atoms with van der Waals surface area (Å²) in [5.74, 6) is 0.460. The van der Waals surface area contributed by atoms with E-state index in [-0.39, 0.29) is 23.8 Å². The molecule has 1 aliphatic heterocycles. The third kappa shape index (κ3) is 2.90. The summed E-state index contributed by atoms with van der Waals surface area (Å²) in [5, 5.41) is 7.46. The largest absolute Gasteiger partial charge is 0.497 e. The van der Waals surface area contributed by atoms with Gasteiger partial charge in [0.05, 0.1) is 18.8 Å². The lowest BCUT2D eigenvalue weighted by atomic mass is 9.95. The number of benzene rings is 2. The first-order valence-corrected chi connectivity index (χ1v) is 9.98. The molecule has 6 heteroatoms. The van der Waals surface area contributed by atoms with E-state index in [0.29, 0.717) is 5.69 Å². The van der Waals surface area contributed by atoms with Gasteiger partial charge >= 0.3 is 0 Å². The molecule has 1 aliphatic carbocycles. The highest BCUT2D eigenvalue weighted by Crippen LogP contribution is 2.46. The molecule has 1 fully saturated rings. The number of H-pyrrole nitrogens is 1. The highest BCUT2D eigenvalue weighted by atomic mass is 19.1. The van der Waals surface area contributed by atoms with E-state index in [1.54, 1.807) is 19.2 Å². The van der Waals surface area contributed by atoms with Gasteiger partial charge in [0.2, 0.25) is 0 Å². The smallest absolute Gasteiger partial charge is 0.273 e. The van der Waals surface area contributed by atoms with E-state index in [4.69, 9.17) is 4.74 Å². The zero-order valence-corrected chi connectivity index (χ0v) is 16.2. The van der Waals surface area contributed by atoms with Crippen LogP contribution in [-0.2, 0) is 0 Å². The van der Waals surface area contributed by atoms with Gasteiger partial charge in [0, 0.05) is 17.2 Å². The summed E-state index contributed by atoms with van der Waals surface area (Å²) in [6.45, 7) is 0. The molecule has 2 aromatic carbocycles. The average molecular weight is 391 g/mol. The normalized spacial score (nSPS) is 19.0. The van der Waals surface area contributed by atoms with Crippen molar-refractivity contribution in [2.45, 2.75) is 37.8 Å². The molecule has 1 atom stereocenters. The standard InChI is InChI=1S/C23H22FN3O2/c1-29-18-12-8-14(9-13-18)20-19-21(26-25-20)23(28)27(17-4-2-3-5-17)22(19)15-6-10-16(24)11-7-15/h6-13,17,22H,2-5H2,1H3,(H,25,26). The molecule has 1 unspecified atom stereocenters. The Balaban J connectivity index is 1.65. The van der Waals surface area contributed by atoms with Gasteiger partial charge < -0.3 is 9.64 Å². The van der Waals surface area contributed by atoms with Gasteiger partial charge in [0.25, 0.3) is 5.91 Å². The number of carbonyl (C=O) groups excluding carboxylic acids is 1. The van der Waals surface area contributed by atoms with E-state index < -0.39 is 0 Å². The van der Waals surface area contributed by atoms with Crippen molar-refractivity contribution in [3.63, 3.8) is 0 Å². The third-order valence-electron chi connectivity index (χ3n) is 6.07. The quantitative estimate of drug-likeness (QED) is 0.701. The van der Waals surface area contributed by atoms with Crippen LogP contribution in [0.3, 0.4) is 0 Å². The number of aromatic amines is 1. The van der Waals surface area contributed by atoms with Gasteiger partial charge in [-0.25, -0.2) is 4.39 Å². The average Bonchev–Trinajstić information content (AvgIpc) is 3.47. The van der Waals surface area contributed by atoms with Crippen molar-refractivity contribution in [3.05, 3.63) is 71.2 Å². The number of rotatable bonds is 4. The zero-order chi connectivity index (χ0) is 20.0. The fourth-order valence-corrected chi connectivity index (χ4v) is 4.67. The predicted octanol–water partition coefficient (Wildman–Crippen LogP) is 4.71. The number of ether oxygens (including phenoxy) is 1. The van der Waals surface area contributed by atoms with Gasteiger partial charge in [-0.2, -0.15) is 5.10 Å². The molecule has 148 valence electrons. The number of nitrogens with zero attached hydrogens (tertiary/aromatic N) is 2. The molecular formula is C23H22FN3O2. The molecule has 29 heavy (non-hydrogen) atoms. The van der Waals surface area contributed by atoms with Crippen molar-refractivity contribution in [2.75, 3.05) is 7.11 Å². The van der Waals surface area contributed by atoms with Crippen molar-refractivity contribution in [1.82, 2.24) is 15.1 Å². The minimum Gasteiger partial charge on any atom is -0.497 e. The molecule has 2 aliphatic rings. The van der Waals surface area contributed by atoms with Crippen LogP contribution in [0.25, 0.3) is 11.3 Å². The first-order chi connectivity index (χ1) is 14.2. The Hall–Kier alpha value is -3.15. The molecule has 0 radical (unpaired) electrons. The number of amides is 1. The summed E-state index contributed by atoms with van der Waals surface area (Å²) >= 11 is 0. The van der Waals surface area contributed by atoms with Gasteiger partial charge in [0.1, 0.15) is 17.3 Å². The third-order valence-corrected chi connectivity index (χ3v) is 6.07. The fraction of sp³-hybridized carbons (Fsp3) is 0.304. The second-order valence-electron chi connectivity index (χ2n) is 7.69. The van der Waals surface area contributed by atoms with E-state index in [1.807, 2.05) is 29.2 Å². The van der Waals surface area contributed by atoms with Crippen LogP contribution in [-0.4, -0.2) is 34.2 Å². The molecule has 1 amide bonds. The van der Waals surface area contributed by atoms with Crippen LogP contribution >= 0.6 is 0 Å². The number of nitrogens with one attached hydrogen (secondary N) is 1. The van der Waals surface area contributed by atoms with Crippen LogP contribution in [0.15, 0.2) is 48.5 Å². The van der Waals surface area contributed by atoms with E-state index in [9.17, 15) is 9.18 Å². The topological polar surface area (TPSA) is 58.2 Å². The van der Waals surface area contributed by atoms with Crippen LogP contribution in [0.1, 0.15) is 53.3 Å². The van der Waals surface area contributed by atoms with Crippen molar-refractivity contribution in [1.29, 1.82) is 0 Å². The number of methoxy groups -OCH3 is 1. The molecule has 5 nitrogen and oxygen atoms in total. The Morgan fingerprint density at radius 3 is 2.41 bits per heavy atom. The number of hydrogen-bond donors (Lipinski definition) is 1. The number of fused-ring (bicyclic) bond motifs is 1.